The van der Waals surface area contributed by atoms with E-state index in [2.05, 4.69) is 11.4 Å². The fourth-order valence-electron chi connectivity index (χ4n) is 2.30. The fraction of sp³-hybridized carbons (Fsp3) is 0.562. The van der Waals surface area contributed by atoms with Gasteiger partial charge >= 0.3 is 0 Å². The smallest absolute Gasteiger partial charge is 0.232 e. The van der Waals surface area contributed by atoms with Gasteiger partial charge < -0.3 is 9.73 Å². The van der Waals surface area contributed by atoms with Crippen molar-refractivity contribution in [1.29, 1.82) is 0 Å². The maximum Gasteiger partial charge on any atom is 0.232 e. The lowest BCUT2D eigenvalue weighted by Gasteiger charge is -2.14. The van der Waals surface area contributed by atoms with Crippen molar-refractivity contribution in [2.45, 2.75) is 50.0 Å². The number of hydrogen-bond donors (Lipinski definition) is 1. The Balaban J connectivity index is 1.62. The predicted molar refractivity (Wildman–Crippen MR) is 83.6 cm³/mol. The molecule has 0 saturated heterocycles. The lowest BCUT2D eigenvalue weighted by atomic mass is 9.97. The number of hydrogen-bond acceptors (Lipinski definition) is 3. The zero-order chi connectivity index (χ0) is 14.2. The molecule has 1 unspecified atom stereocenters. The van der Waals surface area contributed by atoms with Gasteiger partial charge in [0.1, 0.15) is 5.76 Å². The predicted octanol–water partition coefficient (Wildman–Crippen LogP) is 3.91. The van der Waals surface area contributed by atoms with Gasteiger partial charge in [-0.1, -0.05) is 11.6 Å². The van der Waals surface area contributed by atoms with Crippen LogP contribution in [0.15, 0.2) is 34.5 Å². The van der Waals surface area contributed by atoms with E-state index < -0.39 is 0 Å². The summed E-state index contributed by atoms with van der Waals surface area (Å²) in [6.07, 6.45) is 10.0. The molecule has 0 radical (unpaired) electrons. The zero-order valence-electron chi connectivity index (χ0n) is 12.1. The molecule has 4 heteroatoms. The Morgan fingerprint density at radius 2 is 2.40 bits per heavy atom. The number of carbonyl (C=O) groups is 1. The number of furan rings is 1. The maximum absolute atomic E-state index is 12.0. The molecule has 0 aliphatic heterocycles. The number of rotatable bonds is 7. The molecule has 0 saturated carbocycles. The highest BCUT2D eigenvalue weighted by molar-refractivity contribution is 7.99. The number of allylic oxidation sites excluding steroid dienone is 1. The van der Waals surface area contributed by atoms with Gasteiger partial charge in [-0.15, -0.1) is 11.8 Å². The molecule has 1 heterocycles. The van der Waals surface area contributed by atoms with Gasteiger partial charge in [0.05, 0.1) is 17.3 Å². The average molecular weight is 293 g/mol. The fourth-order valence-corrected chi connectivity index (χ4v) is 3.11. The van der Waals surface area contributed by atoms with Gasteiger partial charge in [0.2, 0.25) is 5.91 Å². The van der Waals surface area contributed by atoms with Crippen molar-refractivity contribution in [3.63, 3.8) is 0 Å². The summed E-state index contributed by atoms with van der Waals surface area (Å²) in [6, 6.07) is 3.81. The number of thioether (sulfide) groups is 1. The third-order valence-electron chi connectivity index (χ3n) is 3.56. The molecule has 3 nitrogen and oxygen atoms in total. The summed E-state index contributed by atoms with van der Waals surface area (Å²) in [5.74, 6) is 1.78. The normalized spacial score (nSPS) is 16.6. The topological polar surface area (TPSA) is 42.2 Å². The summed E-state index contributed by atoms with van der Waals surface area (Å²) >= 11 is 1.61. The van der Waals surface area contributed by atoms with Gasteiger partial charge in [0, 0.05) is 6.54 Å². The van der Waals surface area contributed by atoms with Crippen molar-refractivity contribution in [2.75, 3.05) is 6.54 Å². The van der Waals surface area contributed by atoms with E-state index in [4.69, 9.17) is 4.42 Å². The van der Waals surface area contributed by atoms with Crippen LogP contribution in [-0.2, 0) is 10.5 Å². The number of amides is 1. The van der Waals surface area contributed by atoms with Crippen LogP contribution < -0.4 is 5.32 Å². The molecule has 1 atom stereocenters. The van der Waals surface area contributed by atoms with Crippen LogP contribution in [0.2, 0.25) is 0 Å². The summed E-state index contributed by atoms with van der Waals surface area (Å²) in [4.78, 5) is 12.0. The minimum atomic E-state index is -0.0413. The van der Waals surface area contributed by atoms with Gasteiger partial charge in [0.15, 0.2) is 0 Å². The summed E-state index contributed by atoms with van der Waals surface area (Å²) in [6.45, 7) is 2.71. The highest BCUT2D eigenvalue weighted by Gasteiger charge is 2.13. The second-order valence-corrected chi connectivity index (χ2v) is 6.51. The van der Waals surface area contributed by atoms with Crippen molar-refractivity contribution in [3.8, 4) is 0 Å². The van der Waals surface area contributed by atoms with Gasteiger partial charge in [-0.05, 0) is 51.2 Å². The molecule has 1 amide bonds. The van der Waals surface area contributed by atoms with Crippen LogP contribution in [0.3, 0.4) is 0 Å². The van der Waals surface area contributed by atoms with Crippen LogP contribution in [-0.4, -0.2) is 17.7 Å². The Labute approximate surface area is 125 Å². The maximum atomic E-state index is 12.0. The molecule has 1 aliphatic carbocycles. The van der Waals surface area contributed by atoms with E-state index >= 15 is 0 Å². The van der Waals surface area contributed by atoms with Crippen molar-refractivity contribution in [3.05, 3.63) is 35.8 Å². The van der Waals surface area contributed by atoms with Crippen molar-refractivity contribution >= 4 is 17.7 Å². The summed E-state index contributed by atoms with van der Waals surface area (Å²) in [5, 5.41) is 2.99. The molecular formula is C16H23NO2S. The van der Waals surface area contributed by atoms with Crippen LogP contribution in [0.4, 0.5) is 0 Å². The minimum Gasteiger partial charge on any atom is -0.468 e. The highest BCUT2D eigenvalue weighted by Crippen LogP contribution is 2.20. The van der Waals surface area contributed by atoms with E-state index in [9.17, 15) is 4.79 Å². The van der Waals surface area contributed by atoms with Gasteiger partial charge in [-0.25, -0.2) is 0 Å². The first-order chi connectivity index (χ1) is 9.75. The molecule has 1 N–H and O–H groups in total. The first kappa shape index (κ1) is 15.2. The van der Waals surface area contributed by atoms with E-state index in [1.807, 2.05) is 19.1 Å². The third kappa shape index (κ3) is 5.08. The Kier molecular flexibility index (Phi) is 6.25. The van der Waals surface area contributed by atoms with Crippen LogP contribution in [0.25, 0.3) is 0 Å². The molecule has 0 fully saturated rings. The van der Waals surface area contributed by atoms with Crippen LogP contribution in [0.1, 0.15) is 44.8 Å². The second kappa shape index (κ2) is 8.20. The Morgan fingerprint density at radius 1 is 1.50 bits per heavy atom. The van der Waals surface area contributed by atoms with Crippen molar-refractivity contribution in [2.24, 2.45) is 0 Å². The molecule has 1 aliphatic rings. The summed E-state index contributed by atoms with van der Waals surface area (Å²) < 4.78 is 5.26. The third-order valence-corrected chi connectivity index (χ3v) is 4.72. The SMILES string of the molecule is CC(SCc1ccco1)C(=O)NCCC1=CCCCC1. The van der Waals surface area contributed by atoms with Gasteiger partial charge in [-0.2, -0.15) is 0 Å². The van der Waals surface area contributed by atoms with Crippen molar-refractivity contribution in [1.82, 2.24) is 5.32 Å². The van der Waals surface area contributed by atoms with E-state index in [1.165, 1.54) is 31.3 Å². The molecule has 2 rings (SSSR count). The van der Waals surface area contributed by atoms with Crippen LogP contribution in [0.5, 0.6) is 0 Å². The number of carbonyl (C=O) groups excluding carboxylic acids is 1. The van der Waals surface area contributed by atoms with Crippen molar-refractivity contribution < 1.29 is 9.21 Å². The lowest BCUT2D eigenvalue weighted by Crippen LogP contribution is -2.32. The Hall–Kier alpha value is -1.16. The first-order valence-corrected chi connectivity index (χ1v) is 8.40. The highest BCUT2D eigenvalue weighted by atomic mass is 32.2. The molecule has 110 valence electrons. The molecule has 0 aromatic carbocycles. The Bertz CT molecular complexity index is 439. The average Bonchev–Trinajstić information content (AvgIpc) is 2.99. The summed E-state index contributed by atoms with van der Waals surface area (Å²) in [7, 11) is 0. The van der Waals surface area contributed by atoms with E-state index in [0.29, 0.717) is 0 Å². The number of nitrogens with one attached hydrogen (secondary N) is 1. The molecule has 0 spiro atoms. The monoisotopic (exact) mass is 293 g/mol. The van der Waals surface area contributed by atoms with E-state index in [-0.39, 0.29) is 11.2 Å². The zero-order valence-corrected chi connectivity index (χ0v) is 12.9. The molecule has 1 aromatic rings. The van der Waals surface area contributed by atoms with Crippen LogP contribution >= 0.6 is 11.8 Å². The van der Waals surface area contributed by atoms with Gasteiger partial charge in [0.25, 0.3) is 0 Å². The second-order valence-electron chi connectivity index (χ2n) is 5.18. The molecule has 0 bridgehead atoms. The lowest BCUT2D eigenvalue weighted by molar-refractivity contribution is -0.120. The molecule has 1 aromatic heterocycles. The largest absolute Gasteiger partial charge is 0.468 e. The van der Waals surface area contributed by atoms with Crippen LogP contribution in [0, 0.1) is 0 Å². The molecule has 20 heavy (non-hydrogen) atoms. The Morgan fingerprint density at radius 3 is 3.10 bits per heavy atom. The van der Waals surface area contributed by atoms with E-state index in [1.54, 1.807) is 18.0 Å². The quantitative estimate of drug-likeness (QED) is 0.775. The first-order valence-electron chi connectivity index (χ1n) is 7.35. The molecular weight excluding hydrogens is 270 g/mol. The standard InChI is InChI=1S/C16H23NO2S/c1-13(20-12-15-8-5-11-19-15)16(18)17-10-9-14-6-3-2-4-7-14/h5-6,8,11,13H,2-4,7,9-10,12H2,1H3,(H,17,18). The summed E-state index contributed by atoms with van der Waals surface area (Å²) in [5.41, 5.74) is 1.51. The minimum absolute atomic E-state index is 0.0413. The van der Waals surface area contributed by atoms with E-state index in [0.717, 1.165) is 24.5 Å². The van der Waals surface area contributed by atoms with Gasteiger partial charge in [-0.3, -0.25) is 4.79 Å².